The predicted molar refractivity (Wildman–Crippen MR) is 52.8 cm³/mol. The molecule has 0 spiro atoms. The summed E-state index contributed by atoms with van der Waals surface area (Å²) in [6, 6.07) is 8.56. The lowest BCUT2D eigenvalue weighted by molar-refractivity contribution is 0.387. The second-order valence-corrected chi connectivity index (χ2v) is 4.00. The van der Waals surface area contributed by atoms with E-state index < -0.39 is 7.60 Å². The first-order valence-electron chi connectivity index (χ1n) is 3.13. The molecule has 1 rings (SSSR count). The Kier molecular flexibility index (Phi) is 4.59. The van der Waals surface area contributed by atoms with Crippen molar-refractivity contribution in [2.24, 2.45) is 0 Å². The van der Waals surface area contributed by atoms with Gasteiger partial charge in [0.05, 0.1) is 0 Å². The zero-order valence-corrected chi connectivity index (χ0v) is 6.99. The molecule has 0 aliphatic carbocycles. The SMILES string of the molecule is CP(=O)(O)Oc1ccccc1.[AlH3]. The first-order chi connectivity index (χ1) is 5.08. The molecular weight excluding hydrogens is 190 g/mol. The molecule has 12 heavy (non-hydrogen) atoms. The van der Waals surface area contributed by atoms with E-state index in [2.05, 4.69) is 0 Å². The Morgan fingerprint density at radius 1 is 1.33 bits per heavy atom. The van der Waals surface area contributed by atoms with Crippen LogP contribution in [0.25, 0.3) is 0 Å². The van der Waals surface area contributed by atoms with Gasteiger partial charge in [-0.25, -0.2) is 4.57 Å². The Hall–Kier alpha value is -0.258. The molecule has 0 radical (unpaired) electrons. The lowest BCUT2D eigenvalue weighted by Gasteiger charge is -2.06. The van der Waals surface area contributed by atoms with Crippen LogP contribution in [0.1, 0.15) is 0 Å². The molecular formula is C7H12AlO3P. The molecule has 0 heterocycles. The number of para-hydroxylation sites is 1. The molecule has 5 heteroatoms. The van der Waals surface area contributed by atoms with Crippen LogP contribution < -0.4 is 4.52 Å². The lowest BCUT2D eigenvalue weighted by Crippen LogP contribution is -1.87. The maximum Gasteiger partial charge on any atom is 0.373 e. The number of rotatable bonds is 2. The van der Waals surface area contributed by atoms with Crippen LogP contribution in [-0.4, -0.2) is 28.9 Å². The fourth-order valence-electron chi connectivity index (χ4n) is 0.677. The molecule has 1 N–H and O–H groups in total. The van der Waals surface area contributed by atoms with Crippen molar-refractivity contribution in [3.8, 4) is 5.75 Å². The highest BCUT2D eigenvalue weighted by molar-refractivity contribution is 7.52. The van der Waals surface area contributed by atoms with E-state index in [0.717, 1.165) is 6.66 Å². The molecule has 0 saturated carbocycles. The average Bonchev–Trinajstić information content (AvgIpc) is 1.85. The van der Waals surface area contributed by atoms with Gasteiger partial charge in [-0.15, -0.1) is 0 Å². The third-order valence-corrected chi connectivity index (χ3v) is 1.57. The van der Waals surface area contributed by atoms with Gasteiger partial charge in [-0.1, -0.05) is 18.2 Å². The van der Waals surface area contributed by atoms with Gasteiger partial charge in [0.2, 0.25) is 0 Å². The summed E-state index contributed by atoms with van der Waals surface area (Å²) < 4.78 is 15.4. The number of benzene rings is 1. The smallest absolute Gasteiger partial charge is 0.373 e. The molecule has 66 valence electrons. The first kappa shape index (κ1) is 11.7. The van der Waals surface area contributed by atoms with E-state index in [4.69, 9.17) is 9.42 Å². The van der Waals surface area contributed by atoms with Crippen molar-refractivity contribution >= 4 is 25.0 Å². The van der Waals surface area contributed by atoms with E-state index in [1.54, 1.807) is 24.3 Å². The quantitative estimate of drug-likeness (QED) is 0.567. The van der Waals surface area contributed by atoms with E-state index in [0.29, 0.717) is 5.75 Å². The van der Waals surface area contributed by atoms with E-state index in [1.807, 2.05) is 6.07 Å². The zero-order chi connectivity index (χ0) is 8.32. The standard InChI is InChI=1S/C7H9O3P.Al.3H/c1-11(8,9)10-7-5-3-2-4-6-7;;;;/h2-6H,1H3,(H,8,9);;;;. The summed E-state index contributed by atoms with van der Waals surface area (Å²) in [6.45, 7) is 1.15. The third kappa shape index (κ3) is 4.59. The summed E-state index contributed by atoms with van der Waals surface area (Å²) in [5.74, 6) is 0.417. The van der Waals surface area contributed by atoms with Crippen molar-refractivity contribution < 1.29 is 14.0 Å². The van der Waals surface area contributed by atoms with Crippen LogP contribution in [0.3, 0.4) is 0 Å². The van der Waals surface area contributed by atoms with Crippen LogP contribution in [0.5, 0.6) is 5.75 Å². The summed E-state index contributed by atoms with van der Waals surface area (Å²) in [7, 11) is -3.39. The Labute approximate surface area is 82.0 Å². The highest BCUT2D eigenvalue weighted by atomic mass is 31.2. The molecule has 1 aromatic rings. The molecule has 0 aromatic heterocycles. The molecule has 0 aliphatic heterocycles. The summed E-state index contributed by atoms with van der Waals surface area (Å²) in [4.78, 5) is 8.80. The predicted octanol–water partition coefficient (Wildman–Crippen LogP) is 0.697. The average molecular weight is 202 g/mol. The second kappa shape index (κ2) is 4.69. The summed E-state index contributed by atoms with van der Waals surface area (Å²) in [5, 5.41) is 0. The van der Waals surface area contributed by atoms with E-state index in [1.165, 1.54) is 0 Å². The molecule has 0 aliphatic rings. The molecule has 1 unspecified atom stereocenters. The normalized spacial score (nSPS) is 14.2. The highest BCUT2D eigenvalue weighted by Crippen LogP contribution is 2.37. The topological polar surface area (TPSA) is 46.5 Å². The molecule has 0 saturated heterocycles. The molecule has 0 bridgehead atoms. The van der Waals surface area contributed by atoms with Gasteiger partial charge in [-0.2, -0.15) is 0 Å². The largest absolute Gasteiger partial charge is 0.425 e. The molecule has 1 atom stereocenters. The summed E-state index contributed by atoms with van der Waals surface area (Å²) in [5.41, 5.74) is 0. The first-order valence-corrected chi connectivity index (χ1v) is 5.15. The Balaban J connectivity index is 0.00000121. The summed E-state index contributed by atoms with van der Waals surface area (Å²) in [6.07, 6.45) is 0. The zero-order valence-electron chi connectivity index (χ0n) is 6.10. The monoisotopic (exact) mass is 202 g/mol. The highest BCUT2D eigenvalue weighted by Gasteiger charge is 2.10. The van der Waals surface area contributed by atoms with Gasteiger partial charge in [0.1, 0.15) is 5.75 Å². The van der Waals surface area contributed by atoms with E-state index in [-0.39, 0.29) is 17.4 Å². The molecule has 1 aromatic carbocycles. The van der Waals surface area contributed by atoms with Crippen LogP contribution in [-0.2, 0) is 4.57 Å². The minimum Gasteiger partial charge on any atom is -0.425 e. The second-order valence-electron chi connectivity index (χ2n) is 2.21. The fourth-order valence-corrected chi connectivity index (χ4v) is 1.19. The lowest BCUT2D eigenvalue weighted by atomic mass is 10.3. The number of hydrogen-bond acceptors (Lipinski definition) is 2. The van der Waals surface area contributed by atoms with Crippen molar-refractivity contribution in [1.29, 1.82) is 0 Å². The van der Waals surface area contributed by atoms with Crippen LogP contribution in [0.4, 0.5) is 0 Å². The van der Waals surface area contributed by atoms with Crippen molar-refractivity contribution in [3.63, 3.8) is 0 Å². The van der Waals surface area contributed by atoms with Crippen LogP contribution in [0.15, 0.2) is 30.3 Å². The van der Waals surface area contributed by atoms with E-state index in [9.17, 15) is 4.57 Å². The van der Waals surface area contributed by atoms with Gasteiger partial charge in [0, 0.05) is 6.66 Å². The van der Waals surface area contributed by atoms with Gasteiger partial charge in [0.15, 0.2) is 17.4 Å². The maximum atomic E-state index is 10.7. The van der Waals surface area contributed by atoms with Crippen LogP contribution in [0.2, 0.25) is 0 Å². The molecule has 0 amide bonds. The maximum absolute atomic E-state index is 10.7. The Morgan fingerprint density at radius 3 is 2.25 bits per heavy atom. The fraction of sp³-hybridized carbons (Fsp3) is 0.143. The van der Waals surface area contributed by atoms with Gasteiger partial charge in [-0.3, -0.25) is 0 Å². The Morgan fingerprint density at radius 2 is 1.83 bits per heavy atom. The Bertz CT molecular complexity index is 269. The van der Waals surface area contributed by atoms with Crippen molar-refractivity contribution in [2.45, 2.75) is 0 Å². The van der Waals surface area contributed by atoms with Crippen LogP contribution >= 0.6 is 7.60 Å². The van der Waals surface area contributed by atoms with Gasteiger partial charge >= 0.3 is 7.60 Å². The summed E-state index contributed by atoms with van der Waals surface area (Å²) >= 11 is 0. The van der Waals surface area contributed by atoms with Crippen molar-refractivity contribution in [3.05, 3.63) is 30.3 Å². The minimum absolute atomic E-state index is 0. The van der Waals surface area contributed by atoms with Crippen molar-refractivity contribution in [2.75, 3.05) is 6.66 Å². The van der Waals surface area contributed by atoms with Crippen molar-refractivity contribution in [1.82, 2.24) is 0 Å². The number of hydrogen-bond donors (Lipinski definition) is 1. The van der Waals surface area contributed by atoms with Gasteiger partial charge in [0.25, 0.3) is 0 Å². The third-order valence-electron chi connectivity index (χ3n) is 1.02. The van der Waals surface area contributed by atoms with E-state index >= 15 is 0 Å². The minimum atomic E-state index is -3.39. The van der Waals surface area contributed by atoms with Gasteiger partial charge < -0.3 is 9.42 Å². The van der Waals surface area contributed by atoms with Gasteiger partial charge in [-0.05, 0) is 12.1 Å². The molecule has 3 nitrogen and oxygen atoms in total. The molecule has 0 fully saturated rings. The van der Waals surface area contributed by atoms with Crippen LogP contribution in [0, 0.1) is 0 Å².